The number of nitrogens with two attached hydrogens (primary N) is 1. The summed E-state index contributed by atoms with van der Waals surface area (Å²) in [4.78, 5) is 6.73. The minimum absolute atomic E-state index is 0.0899. The second-order valence-corrected chi connectivity index (χ2v) is 5.87. The summed E-state index contributed by atoms with van der Waals surface area (Å²) in [5.74, 6) is 0.969. The Morgan fingerprint density at radius 2 is 1.95 bits per heavy atom. The third-order valence-corrected chi connectivity index (χ3v) is 4.68. The van der Waals surface area contributed by atoms with E-state index >= 15 is 0 Å². The molecular formula is C17H19N3O. The molecule has 0 amide bonds. The summed E-state index contributed by atoms with van der Waals surface area (Å²) in [6.07, 6.45) is 3.78. The van der Waals surface area contributed by atoms with E-state index in [1.807, 2.05) is 12.1 Å². The fraction of sp³-hybridized carbons (Fsp3) is 0.353. The normalized spacial score (nSPS) is 19.7. The maximum Gasteiger partial charge on any atom is 0.130 e. The van der Waals surface area contributed by atoms with Gasteiger partial charge in [0.25, 0.3) is 0 Å². The number of aromatic nitrogens is 1. The predicted molar refractivity (Wildman–Crippen MR) is 83.0 cm³/mol. The minimum Gasteiger partial charge on any atom is -0.399 e. The minimum atomic E-state index is -0.0899. The molecule has 0 unspecified atom stereocenters. The molecule has 2 aliphatic rings. The van der Waals surface area contributed by atoms with Crippen molar-refractivity contribution in [2.75, 3.05) is 23.7 Å². The first-order valence-corrected chi connectivity index (χ1v) is 7.46. The van der Waals surface area contributed by atoms with Crippen LogP contribution in [0.15, 0.2) is 42.6 Å². The zero-order valence-electron chi connectivity index (χ0n) is 12.0. The zero-order valence-corrected chi connectivity index (χ0v) is 12.0. The van der Waals surface area contributed by atoms with Gasteiger partial charge in [-0.2, -0.15) is 0 Å². The van der Waals surface area contributed by atoms with Crippen LogP contribution in [0.2, 0.25) is 0 Å². The molecule has 4 heteroatoms. The van der Waals surface area contributed by atoms with Gasteiger partial charge in [0.1, 0.15) is 5.82 Å². The van der Waals surface area contributed by atoms with Gasteiger partial charge in [-0.1, -0.05) is 24.3 Å². The molecule has 2 N–H and O–H groups in total. The van der Waals surface area contributed by atoms with Crippen molar-refractivity contribution in [2.45, 2.75) is 25.0 Å². The van der Waals surface area contributed by atoms with Gasteiger partial charge in [-0.25, -0.2) is 4.98 Å². The molecule has 4 rings (SSSR count). The van der Waals surface area contributed by atoms with E-state index in [1.54, 1.807) is 6.20 Å². The molecule has 0 aliphatic carbocycles. The second kappa shape index (κ2) is 4.74. The molecule has 1 aromatic heterocycles. The largest absolute Gasteiger partial charge is 0.399 e. The molecule has 3 heterocycles. The number of fused-ring (bicyclic) bond motifs is 2. The van der Waals surface area contributed by atoms with Crippen molar-refractivity contribution in [3.63, 3.8) is 0 Å². The number of hydrogen-bond donors (Lipinski definition) is 1. The maximum atomic E-state index is 6.19. The first kappa shape index (κ1) is 12.7. The maximum absolute atomic E-state index is 6.19. The van der Waals surface area contributed by atoms with Crippen LogP contribution in [0.5, 0.6) is 0 Å². The highest BCUT2D eigenvalue weighted by Crippen LogP contribution is 2.44. The van der Waals surface area contributed by atoms with Crippen molar-refractivity contribution < 1.29 is 4.74 Å². The summed E-state index contributed by atoms with van der Waals surface area (Å²) < 4.78 is 6.19. The number of nitrogens with zero attached hydrogens (tertiary/aromatic N) is 2. The van der Waals surface area contributed by atoms with Crippen molar-refractivity contribution in [1.29, 1.82) is 0 Å². The third-order valence-electron chi connectivity index (χ3n) is 4.68. The van der Waals surface area contributed by atoms with Gasteiger partial charge in [0.2, 0.25) is 0 Å². The summed E-state index contributed by atoms with van der Waals surface area (Å²) in [5.41, 5.74) is 9.25. The first-order valence-electron chi connectivity index (χ1n) is 7.46. The Bertz CT molecular complexity index is 663. The highest BCUT2D eigenvalue weighted by molar-refractivity contribution is 5.51. The first-order chi connectivity index (χ1) is 10.3. The Balaban J connectivity index is 1.55. The highest BCUT2D eigenvalue weighted by atomic mass is 16.5. The van der Waals surface area contributed by atoms with Crippen molar-refractivity contribution in [1.82, 2.24) is 4.98 Å². The van der Waals surface area contributed by atoms with Crippen molar-refractivity contribution in [3.8, 4) is 0 Å². The predicted octanol–water partition coefficient (Wildman–Crippen LogP) is 2.69. The summed E-state index contributed by atoms with van der Waals surface area (Å²) in [7, 11) is 0. The molecule has 4 nitrogen and oxygen atoms in total. The van der Waals surface area contributed by atoms with Crippen molar-refractivity contribution in [2.24, 2.45) is 0 Å². The van der Waals surface area contributed by atoms with Crippen LogP contribution in [0.1, 0.15) is 24.0 Å². The quantitative estimate of drug-likeness (QED) is 0.873. The van der Waals surface area contributed by atoms with E-state index in [9.17, 15) is 0 Å². The average Bonchev–Trinajstić information content (AvgIpc) is 2.87. The van der Waals surface area contributed by atoms with Gasteiger partial charge in [-0.05, 0) is 30.0 Å². The third kappa shape index (κ3) is 2.07. The fourth-order valence-corrected chi connectivity index (χ4v) is 3.50. The molecule has 21 heavy (non-hydrogen) atoms. The van der Waals surface area contributed by atoms with Gasteiger partial charge in [-0.15, -0.1) is 0 Å². The zero-order chi connectivity index (χ0) is 14.3. The van der Waals surface area contributed by atoms with E-state index in [4.69, 9.17) is 10.5 Å². The number of rotatable bonds is 1. The van der Waals surface area contributed by atoms with Crippen LogP contribution in [0, 0.1) is 0 Å². The van der Waals surface area contributed by atoms with E-state index in [2.05, 4.69) is 34.1 Å². The molecule has 0 radical (unpaired) electrons. The Labute approximate surface area is 124 Å². The van der Waals surface area contributed by atoms with Gasteiger partial charge in [0, 0.05) is 31.0 Å². The average molecular weight is 281 g/mol. The molecule has 2 aliphatic heterocycles. The summed E-state index contributed by atoms with van der Waals surface area (Å²) >= 11 is 0. The van der Waals surface area contributed by atoms with Gasteiger partial charge >= 0.3 is 0 Å². The Hall–Kier alpha value is -2.07. The number of hydrogen-bond acceptors (Lipinski definition) is 4. The van der Waals surface area contributed by atoms with Gasteiger partial charge in [-0.3, -0.25) is 0 Å². The Morgan fingerprint density at radius 1 is 1.14 bits per heavy atom. The van der Waals surface area contributed by atoms with Crippen molar-refractivity contribution in [3.05, 3.63) is 53.7 Å². The molecule has 1 spiro atoms. The number of nitrogen functional groups attached to an aromatic ring is 1. The monoisotopic (exact) mass is 281 g/mol. The van der Waals surface area contributed by atoms with Gasteiger partial charge in [0.05, 0.1) is 12.2 Å². The Kier molecular flexibility index (Phi) is 2.86. The van der Waals surface area contributed by atoms with Crippen LogP contribution in [-0.2, 0) is 16.9 Å². The summed E-state index contributed by atoms with van der Waals surface area (Å²) in [6.45, 7) is 2.64. The lowest BCUT2D eigenvalue weighted by Crippen LogP contribution is -2.42. The molecule has 0 saturated carbocycles. The molecule has 1 fully saturated rings. The van der Waals surface area contributed by atoms with Crippen LogP contribution in [0.25, 0.3) is 0 Å². The molecule has 0 atom stereocenters. The van der Waals surface area contributed by atoms with Crippen LogP contribution in [0.3, 0.4) is 0 Å². The summed E-state index contributed by atoms with van der Waals surface area (Å²) in [6, 6.07) is 12.4. The highest BCUT2D eigenvalue weighted by Gasteiger charge is 2.42. The summed E-state index contributed by atoms with van der Waals surface area (Å²) in [5, 5.41) is 0. The molecule has 0 bridgehead atoms. The van der Waals surface area contributed by atoms with Crippen LogP contribution in [-0.4, -0.2) is 18.1 Å². The van der Waals surface area contributed by atoms with Crippen LogP contribution >= 0.6 is 0 Å². The number of benzene rings is 1. The second-order valence-electron chi connectivity index (χ2n) is 5.87. The van der Waals surface area contributed by atoms with E-state index in [0.717, 1.165) is 44.0 Å². The lowest BCUT2D eigenvalue weighted by molar-refractivity contribution is -0.0551. The SMILES string of the molecule is Nc1ccnc(N2CCC3(CC2)OCc2ccccc23)c1. The van der Waals surface area contributed by atoms with Gasteiger partial charge < -0.3 is 15.4 Å². The standard InChI is InChI=1S/C17H19N3O/c18-14-5-8-19-16(11-14)20-9-6-17(7-10-20)15-4-2-1-3-13(15)12-21-17/h1-5,8,11H,6-7,9-10,12H2,(H2,18,19). The number of piperidine rings is 1. The van der Waals surface area contributed by atoms with E-state index in [-0.39, 0.29) is 5.60 Å². The van der Waals surface area contributed by atoms with Gasteiger partial charge in [0.15, 0.2) is 0 Å². The number of anilines is 2. The topological polar surface area (TPSA) is 51.4 Å². The number of pyridine rings is 1. The number of ether oxygens (including phenoxy) is 1. The lowest BCUT2D eigenvalue weighted by atomic mass is 9.84. The molecule has 108 valence electrons. The molecule has 1 saturated heterocycles. The Morgan fingerprint density at radius 3 is 2.76 bits per heavy atom. The molecule has 2 aromatic rings. The van der Waals surface area contributed by atoms with Crippen molar-refractivity contribution >= 4 is 11.5 Å². The van der Waals surface area contributed by atoms with Crippen LogP contribution in [0.4, 0.5) is 11.5 Å². The van der Waals surface area contributed by atoms with E-state index in [0.29, 0.717) is 0 Å². The molecule has 1 aromatic carbocycles. The molecular weight excluding hydrogens is 262 g/mol. The van der Waals surface area contributed by atoms with E-state index in [1.165, 1.54) is 11.1 Å². The smallest absolute Gasteiger partial charge is 0.130 e. The van der Waals surface area contributed by atoms with E-state index < -0.39 is 0 Å². The lowest BCUT2D eigenvalue weighted by Gasteiger charge is -2.39. The fourth-order valence-electron chi connectivity index (χ4n) is 3.50. The van der Waals surface area contributed by atoms with Crippen LogP contribution < -0.4 is 10.6 Å².